The number of amidine groups is 3. The maximum Gasteiger partial charge on any atom is 0.282 e. The van der Waals surface area contributed by atoms with Crippen molar-refractivity contribution < 1.29 is 41.8 Å². The average molecular weight is 1250 g/mol. The molecule has 0 aliphatic heterocycles. The first kappa shape index (κ1) is 68.3. The van der Waals surface area contributed by atoms with Gasteiger partial charge in [-0.3, -0.25) is 29.3 Å². The Kier molecular flexibility index (Phi) is 23.0. The molecule has 3 atom stereocenters. The number of methoxy groups -OCH3 is 3. The minimum absolute atomic E-state index is 0.0163. The second-order valence-corrected chi connectivity index (χ2v) is 21.1. The molecule has 21 heteroatoms. The molecule has 3 aromatic heterocycles. The van der Waals surface area contributed by atoms with Crippen LogP contribution in [0.1, 0.15) is 102 Å². The molecule has 0 aliphatic carbocycles. The fourth-order valence-electron chi connectivity index (χ4n) is 9.64. The quantitative estimate of drug-likeness (QED) is 0.0314. The van der Waals surface area contributed by atoms with E-state index in [2.05, 4.69) is 44.5 Å². The molecular formula is C72H63F3N12O6. The van der Waals surface area contributed by atoms with Crippen molar-refractivity contribution in [3.05, 3.63) is 319 Å². The zero-order chi connectivity index (χ0) is 67.3. The average Bonchev–Trinajstić information content (AvgIpc) is 0.821. The van der Waals surface area contributed by atoms with Gasteiger partial charge in [-0.1, -0.05) is 127 Å². The van der Waals surface area contributed by atoms with Crippen LogP contribution in [-0.2, 0) is 50.1 Å². The Hall–Kier alpha value is -12.2. The van der Waals surface area contributed by atoms with Gasteiger partial charge in [0.05, 0.1) is 41.0 Å². The lowest BCUT2D eigenvalue weighted by molar-refractivity contribution is 0.0980. The van der Waals surface area contributed by atoms with Crippen LogP contribution >= 0.6 is 0 Å². The molecule has 0 saturated heterocycles. The standard InChI is InChI=1S/3C24H21FN4O2/c3*1-24(29-23(26)31-3,17-7-9-19(25)10-8-17)18-6-4-5-16(13-18)14-22(30)21-12-11-20(27-2)15-28-21/h3*4-13,15H,14H2,1,3H3,(H2,26,29)/t2*24-;/m10./s1. The van der Waals surface area contributed by atoms with E-state index in [0.717, 1.165) is 33.4 Å². The van der Waals surface area contributed by atoms with Crippen LogP contribution < -0.4 is 17.2 Å². The van der Waals surface area contributed by atoms with Gasteiger partial charge >= 0.3 is 0 Å². The maximum atomic E-state index is 13.5. The fraction of sp³-hybridized carbons (Fsp3) is 0.167. The van der Waals surface area contributed by atoms with Crippen LogP contribution in [0, 0.1) is 37.2 Å². The number of rotatable bonds is 18. The minimum Gasteiger partial charge on any atom is -0.469 e. The third kappa shape index (κ3) is 17.8. The second-order valence-electron chi connectivity index (χ2n) is 21.1. The number of carbonyl (C=O) groups is 3. The van der Waals surface area contributed by atoms with E-state index in [9.17, 15) is 27.6 Å². The molecule has 0 fully saturated rings. The first-order chi connectivity index (χ1) is 44.6. The van der Waals surface area contributed by atoms with Crippen LogP contribution in [0.5, 0.6) is 0 Å². The number of ketones is 3. The van der Waals surface area contributed by atoms with Gasteiger partial charge in [-0.2, -0.15) is 0 Å². The molecular weight excluding hydrogens is 1190 g/mol. The predicted molar refractivity (Wildman–Crippen MR) is 349 cm³/mol. The first-order valence-electron chi connectivity index (χ1n) is 28.4. The Morgan fingerprint density at radius 3 is 0.849 bits per heavy atom. The highest BCUT2D eigenvalue weighted by Gasteiger charge is 2.33. The Balaban J connectivity index is 0.000000198. The van der Waals surface area contributed by atoms with Crippen LogP contribution in [0.25, 0.3) is 14.5 Å². The molecule has 468 valence electrons. The summed E-state index contributed by atoms with van der Waals surface area (Å²) < 4.78 is 55.6. The fourth-order valence-corrected chi connectivity index (χ4v) is 9.64. The molecule has 0 spiro atoms. The molecule has 0 bridgehead atoms. The van der Waals surface area contributed by atoms with E-state index >= 15 is 0 Å². The molecule has 0 aliphatic rings. The topological polar surface area (TPSA) is 246 Å². The number of Topliss-reactive ketones (excluding diaryl/α,β-unsaturated/α-hetero) is 3. The van der Waals surface area contributed by atoms with Gasteiger partial charge in [-0.05, 0) is 125 Å². The molecule has 93 heavy (non-hydrogen) atoms. The summed E-state index contributed by atoms with van der Waals surface area (Å²) in [6, 6.07) is 49.5. The predicted octanol–water partition coefficient (Wildman–Crippen LogP) is 13.3. The van der Waals surface area contributed by atoms with E-state index in [0.29, 0.717) is 50.8 Å². The van der Waals surface area contributed by atoms with Gasteiger partial charge < -0.3 is 31.4 Å². The van der Waals surface area contributed by atoms with Crippen molar-refractivity contribution in [3.8, 4) is 0 Å². The number of carbonyl (C=O) groups excluding carboxylic acids is 3. The summed E-state index contributed by atoms with van der Waals surface area (Å²) in [6.07, 6.45) is 4.52. The lowest BCUT2D eigenvalue weighted by Crippen LogP contribution is -2.27. The Labute approximate surface area is 536 Å². The van der Waals surface area contributed by atoms with Crippen LogP contribution in [0.3, 0.4) is 0 Å². The van der Waals surface area contributed by atoms with Crippen LogP contribution in [0.2, 0.25) is 0 Å². The molecule has 3 heterocycles. The summed E-state index contributed by atoms with van der Waals surface area (Å²) in [5.74, 6) is -1.58. The molecule has 0 radical (unpaired) electrons. The molecule has 0 amide bonds. The summed E-state index contributed by atoms with van der Waals surface area (Å²) >= 11 is 0. The minimum atomic E-state index is -0.956. The number of halogens is 3. The number of ether oxygens (including phenoxy) is 3. The Morgan fingerprint density at radius 1 is 0.398 bits per heavy atom. The highest BCUT2D eigenvalue weighted by Crippen LogP contribution is 2.38. The summed E-state index contributed by atoms with van der Waals surface area (Å²) in [4.78, 5) is 73.6. The van der Waals surface area contributed by atoms with E-state index in [1.807, 2.05) is 93.6 Å². The van der Waals surface area contributed by atoms with Gasteiger partial charge in [-0.25, -0.2) is 42.7 Å². The lowest BCUT2D eigenvalue weighted by Gasteiger charge is -2.27. The molecule has 1 unspecified atom stereocenters. The Morgan fingerprint density at radius 2 is 0.645 bits per heavy atom. The number of benzene rings is 6. The van der Waals surface area contributed by atoms with Crippen molar-refractivity contribution in [1.82, 2.24) is 15.0 Å². The number of hydrogen-bond donors (Lipinski definition) is 3. The Bertz CT molecular complexity index is 3900. The van der Waals surface area contributed by atoms with Gasteiger partial charge in [-0.15, -0.1) is 0 Å². The highest BCUT2D eigenvalue weighted by atomic mass is 19.1. The van der Waals surface area contributed by atoms with Crippen molar-refractivity contribution in [2.24, 2.45) is 32.2 Å². The van der Waals surface area contributed by atoms with Crippen molar-refractivity contribution in [2.45, 2.75) is 56.7 Å². The van der Waals surface area contributed by atoms with E-state index < -0.39 is 16.6 Å². The summed E-state index contributed by atoms with van der Waals surface area (Å²) in [5.41, 5.74) is 23.4. The van der Waals surface area contributed by atoms with Gasteiger partial charge in [0, 0.05) is 37.9 Å². The number of nitrogens with zero attached hydrogens (tertiary/aromatic N) is 9. The van der Waals surface area contributed by atoms with Crippen molar-refractivity contribution in [1.29, 1.82) is 0 Å². The highest BCUT2D eigenvalue weighted by molar-refractivity contribution is 5.97. The molecule has 0 saturated carbocycles. The largest absolute Gasteiger partial charge is 0.469 e. The SMILES string of the molecule is [C-]#[N+]c1ccc(C(=O)Cc2cccc(C(C)(N=C(N)OC)c3ccc(F)cc3)c2)nc1.[C-]#[N+]c1ccc(C(=O)Cc2cccc([C@@](C)(N=C(N)OC)c3ccc(F)cc3)c2)nc1.[C-]#[N+]c1ccc(C(=O)Cc2cccc([C@](C)(N=C(N)OC)c3ccc(F)cc3)c2)nc1. The van der Waals surface area contributed by atoms with E-state index in [1.54, 1.807) is 72.8 Å². The zero-order valence-electron chi connectivity index (χ0n) is 51.5. The van der Waals surface area contributed by atoms with Gasteiger partial charge in [0.2, 0.25) is 17.1 Å². The number of nitrogens with two attached hydrogens (primary N) is 3. The lowest BCUT2D eigenvalue weighted by atomic mass is 9.84. The summed E-state index contributed by atoms with van der Waals surface area (Å²) in [6.45, 7) is 26.5. The maximum absolute atomic E-state index is 13.5. The third-order valence-electron chi connectivity index (χ3n) is 14.9. The van der Waals surface area contributed by atoms with Crippen molar-refractivity contribution >= 4 is 52.5 Å². The number of aliphatic imine (C=N–C) groups is 3. The van der Waals surface area contributed by atoms with Crippen molar-refractivity contribution in [2.75, 3.05) is 21.3 Å². The van der Waals surface area contributed by atoms with E-state index in [-0.39, 0.29) is 72.1 Å². The number of hydrogen-bond acceptors (Lipinski definition) is 12. The number of pyridine rings is 3. The molecule has 9 rings (SSSR count). The zero-order valence-corrected chi connectivity index (χ0v) is 51.5. The van der Waals surface area contributed by atoms with Gasteiger partial charge in [0.1, 0.15) is 51.2 Å². The smallest absolute Gasteiger partial charge is 0.282 e. The summed E-state index contributed by atoms with van der Waals surface area (Å²) in [5, 5.41) is 0. The van der Waals surface area contributed by atoms with Gasteiger partial charge in [0.15, 0.2) is 17.3 Å². The first-order valence-corrected chi connectivity index (χ1v) is 28.4. The van der Waals surface area contributed by atoms with E-state index in [4.69, 9.17) is 51.1 Å². The second kappa shape index (κ2) is 31.3. The molecule has 6 aromatic carbocycles. The van der Waals surface area contributed by atoms with Crippen LogP contribution in [0.4, 0.5) is 30.2 Å². The van der Waals surface area contributed by atoms with Gasteiger partial charge in [0.25, 0.3) is 18.1 Å². The number of aromatic nitrogens is 3. The molecule has 9 aromatic rings. The van der Waals surface area contributed by atoms with Crippen LogP contribution in [-0.4, -0.2) is 71.7 Å². The third-order valence-corrected chi connectivity index (χ3v) is 14.9. The van der Waals surface area contributed by atoms with E-state index in [1.165, 1.54) is 76.3 Å². The monoisotopic (exact) mass is 1250 g/mol. The molecule has 6 N–H and O–H groups in total. The molecule has 18 nitrogen and oxygen atoms in total. The summed E-state index contributed by atoms with van der Waals surface area (Å²) in [7, 11) is 4.27. The normalized spacial score (nSPS) is 13.2. The van der Waals surface area contributed by atoms with Crippen LogP contribution in [0.15, 0.2) is 216 Å². The van der Waals surface area contributed by atoms with Crippen molar-refractivity contribution in [3.63, 3.8) is 0 Å².